The van der Waals surface area contributed by atoms with Crippen molar-refractivity contribution in [2.75, 3.05) is 13.1 Å². The lowest BCUT2D eigenvalue weighted by atomic mass is 10.0. The van der Waals surface area contributed by atoms with Crippen LogP contribution in [-0.2, 0) is 0 Å². The van der Waals surface area contributed by atoms with E-state index in [0.717, 1.165) is 22.9 Å². The van der Waals surface area contributed by atoms with Gasteiger partial charge >= 0.3 is 0 Å². The number of likely N-dealkylation sites (tertiary alicyclic amines) is 1. The Morgan fingerprint density at radius 3 is 2.64 bits per heavy atom. The Bertz CT molecular complexity index is 1020. The van der Waals surface area contributed by atoms with Crippen LogP contribution >= 0.6 is 27.5 Å². The summed E-state index contributed by atoms with van der Waals surface area (Å²) in [4.78, 5) is 14.8. The molecule has 0 bridgehead atoms. The topological polar surface area (TPSA) is 68.8 Å². The third kappa shape index (κ3) is 3.58. The van der Waals surface area contributed by atoms with Gasteiger partial charge in [-0.25, -0.2) is 4.68 Å². The molecule has 28 heavy (non-hydrogen) atoms. The van der Waals surface area contributed by atoms with Crippen molar-refractivity contribution in [3.8, 4) is 5.69 Å². The average molecular weight is 464 g/mol. The van der Waals surface area contributed by atoms with Crippen LogP contribution in [0.5, 0.6) is 0 Å². The quantitative estimate of drug-likeness (QED) is 0.589. The third-order valence-electron chi connectivity index (χ3n) is 5.09. The maximum atomic E-state index is 13.0. The number of halogens is 2. The van der Waals surface area contributed by atoms with Crippen LogP contribution in [0.25, 0.3) is 5.69 Å². The number of carbonyl (C=O) groups excluding carboxylic acids is 1. The number of carbonyl (C=O) groups is 1. The molecule has 1 amide bonds. The lowest BCUT2D eigenvalue weighted by molar-refractivity contribution is 0.0683. The van der Waals surface area contributed by atoms with Gasteiger partial charge in [-0.15, -0.1) is 5.10 Å². The Morgan fingerprint density at radius 2 is 2.00 bits per heavy atom. The Labute approximate surface area is 176 Å². The molecule has 146 valence electrons. The molecule has 0 aliphatic carbocycles. The fourth-order valence-electron chi connectivity index (χ4n) is 3.52. The van der Waals surface area contributed by atoms with Crippen molar-refractivity contribution in [1.29, 1.82) is 0 Å². The van der Waals surface area contributed by atoms with Crippen molar-refractivity contribution < 1.29 is 4.79 Å². The molecule has 3 heterocycles. The highest BCUT2D eigenvalue weighted by atomic mass is 79.9. The van der Waals surface area contributed by atoms with E-state index in [2.05, 4.69) is 37.5 Å². The Kier molecular flexibility index (Phi) is 5.25. The molecule has 7 nitrogen and oxygen atoms in total. The molecule has 0 saturated carbocycles. The molecule has 1 fully saturated rings. The van der Waals surface area contributed by atoms with E-state index in [1.54, 1.807) is 10.7 Å². The van der Waals surface area contributed by atoms with Crippen molar-refractivity contribution in [3.63, 3.8) is 0 Å². The Morgan fingerprint density at radius 1 is 1.25 bits per heavy atom. The lowest BCUT2D eigenvalue weighted by Gasteiger charge is -2.31. The van der Waals surface area contributed by atoms with Crippen molar-refractivity contribution >= 4 is 33.4 Å². The minimum atomic E-state index is -0.0907. The molecule has 9 heteroatoms. The van der Waals surface area contributed by atoms with E-state index < -0.39 is 0 Å². The summed E-state index contributed by atoms with van der Waals surface area (Å²) in [7, 11) is 0. The number of benzene rings is 1. The average Bonchev–Trinajstić information content (AvgIpc) is 3.27. The van der Waals surface area contributed by atoms with E-state index in [-0.39, 0.29) is 5.91 Å². The van der Waals surface area contributed by atoms with Crippen LogP contribution in [0.3, 0.4) is 0 Å². The van der Waals surface area contributed by atoms with Gasteiger partial charge in [-0.2, -0.15) is 5.10 Å². The van der Waals surface area contributed by atoms with Crippen LogP contribution in [0, 0.1) is 13.8 Å². The number of amides is 1. The second-order valence-electron chi connectivity index (χ2n) is 7.05. The highest BCUT2D eigenvalue weighted by Gasteiger charge is 2.28. The zero-order chi connectivity index (χ0) is 19.8. The standard InChI is InChI=1S/C19H20BrClN6O/c1-12-10-22-26(11-12)15-5-7-25(8-6-15)19(28)18-13(2)27(24-23-18)17-4-3-14(20)9-16(17)21/h3-4,9-11,15H,5-8H2,1-2H3. The zero-order valence-electron chi connectivity index (χ0n) is 15.6. The number of hydrogen-bond acceptors (Lipinski definition) is 4. The van der Waals surface area contributed by atoms with E-state index in [1.807, 2.05) is 41.8 Å². The predicted octanol–water partition coefficient (Wildman–Crippen LogP) is 3.97. The van der Waals surface area contributed by atoms with Gasteiger partial charge in [0.15, 0.2) is 5.69 Å². The van der Waals surface area contributed by atoms with E-state index in [9.17, 15) is 4.79 Å². The third-order valence-corrected chi connectivity index (χ3v) is 5.89. The fraction of sp³-hybridized carbons (Fsp3) is 0.368. The van der Waals surface area contributed by atoms with Crippen LogP contribution in [0.4, 0.5) is 0 Å². The number of nitrogens with zero attached hydrogens (tertiary/aromatic N) is 6. The molecule has 1 saturated heterocycles. The molecule has 4 rings (SSSR count). The smallest absolute Gasteiger partial charge is 0.276 e. The normalized spacial score (nSPS) is 15.2. The first-order chi connectivity index (χ1) is 13.4. The second-order valence-corrected chi connectivity index (χ2v) is 8.37. The van der Waals surface area contributed by atoms with Gasteiger partial charge in [0.25, 0.3) is 5.91 Å². The number of hydrogen-bond donors (Lipinski definition) is 0. The fourth-order valence-corrected chi connectivity index (χ4v) is 4.28. The number of aromatic nitrogens is 5. The first-order valence-corrected chi connectivity index (χ1v) is 10.3. The first-order valence-electron chi connectivity index (χ1n) is 9.12. The van der Waals surface area contributed by atoms with Crippen LogP contribution in [0.2, 0.25) is 5.02 Å². The maximum absolute atomic E-state index is 13.0. The van der Waals surface area contributed by atoms with Gasteiger partial charge in [0, 0.05) is 23.8 Å². The predicted molar refractivity (Wildman–Crippen MR) is 110 cm³/mol. The Balaban J connectivity index is 1.49. The first kappa shape index (κ1) is 19.1. The summed E-state index contributed by atoms with van der Waals surface area (Å²) in [5, 5.41) is 13.3. The van der Waals surface area contributed by atoms with E-state index in [1.165, 1.54) is 0 Å². The summed E-state index contributed by atoms with van der Waals surface area (Å²) >= 11 is 9.72. The Hall–Kier alpha value is -2.19. The monoisotopic (exact) mass is 462 g/mol. The molecule has 0 unspecified atom stereocenters. The second kappa shape index (κ2) is 7.67. The molecular formula is C19H20BrClN6O. The lowest BCUT2D eigenvalue weighted by Crippen LogP contribution is -2.39. The van der Waals surface area contributed by atoms with Crippen LogP contribution < -0.4 is 0 Å². The van der Waals surface area contributed by atoms with E-state index >= 15 is 0 Å². The maximum Gasteiger partial charge on any atom is 0.276 e. The molecule has 3 aromatic rings. The van der Waals surface area contributed by atoms with Gasteiger partial charge in [0.2, 0.25) is 0 Å². The summed E-state index contributed by atoms with van der Waals surface area (Å²) < 4.78 is 4.50. The molecule has 1 aliphatic heterocycles. The molecular weight excluding hydrogens is 444 g/mol. The highest BCUT2D eigenvalue weighted by molar-refractivity contribution is 9.10. The zero-order valence-corrected chi connectivity index (χ0v) is 18.0. The molecule has 0 radical (unpaired) electrons. The highest BCUT2D eigenvalue weighted by Crippen LogP contribution is 2.27. The molecule has 0 atom stereocenters. The molecule has 0 N–H and O–H groups in total. The minimum absolute atomic E-state index is 0.0907. The SMILES string of the molecule is Cc1cnn(C2CCN(C(=O)c3nnn(-c4ccc(Br)cc4Cl)c3C)CC2)c1. The van der Waals surface area contributed by atoms with Crippen molar-refractivity contribution in [1.82, 2.24) is 29.7 Å². The summed E-state index contributed by atoms with van der Waals surface area (Å²) in [5.41, 5.74) is 2.89. The van der Waals surface area contributed by atoms with Crippen LogP contribution in [0.15, 0.2) is 35.1 Å². The van der Waals surface area contributed by atoms with Gasteiger partial charge in [0.05, 0.1) is 28.6 Å². The molecule has 0 spiro atoms. The van der Waals surface area contributed by atoms with Gasteiger partial charge in [-0.1, -0.05) is 32.7 Å². The van der Waals surface area contributed by atoms with Gasteiger partial charge < -0.3 is 4.90 Å². The van der Waals surface area contributed by atoms with Crippen LogP contribution in [-0.4, -0.2) is 48.7 Å². The van der Waals surface area contributed by atoms with Crippen LogP contribution in [0.1, 0.15) is 40.6 Å². The summed E-state index contributed by atoms with van der Waals surface area (Å²) in [6, 6.07) is 5.85. The van der Waals surface area contributed by atoms with Crippen molar-refractivity contribution in [2.45, 2.75) is 32.7 Å². The van der Waals surface area contributed by atoms with Gasteiger partial charge in [0.1, 0.15) is 0 Å². The van der Waals surface area contributed by atoms with Gasteiger partial charge in [-0.05, 0) is 50.5 Å². The molecule has 1 aliphatic rings. The van der Waals surface area contributed by atoms with Crippen molar-refractivity contribution in [2.24, 2.45) is 0 Å². The number of rotatable bonds is 3. The number of aryl methyl sites for hydroxylation is 1. The minimum Gasteiger partial charge on any atom is -0.337 e. The summed E-state index contributed by atoms with van der Waals surface area (Å²) in [6.07, 6.45) is 5.67. The molecule has 2 aromatic heterocycles. The van der Waals surface area contributed by atoms with Gasteiger partial charge in [-0.3, -0.25) is 9.48 Å². The van der Waals surface area contributed by atoms with E-state index in [4.69, 9.17) is 11.6 Å². The largest absolute Gasteiger partial charge is 0.337 e. The van der Waals surface area contributed by atoms with E-state index in [0.29, 0.717) is 41.2 Å². The summed E-state index contributed by atoms with van der Waals surface area (Å²) in [5.74, 6) is -0.0907. The van der Waals surface area contributed by atoms with Crippen molar-refractivity contribution in [3.05, 3.63) is 57.0 Å². The summed E-state index contributed by atoms with van der Waals surface area (Å²) in [6.45, 7) is 5.22. The molecule has 1 aromatic carbocycles. The number of piperidine rings is 1.